The van der Waals surface area contributed by atoms with Crippen LogP contribution < -0.4 is 0 Å². The average Bonchev–Trinajstić information content (AvgIpc) is 3.08. The van der Waals surface area contributed by atoms with Crippen LogP contribution in [0.4, 0.5) is 9.18 Å². The molecule has 0 aliphatic carbocycles. The number of carbonyl (C=O) groups excluding carboxylic acids is 3. The number of halogens is 1. The number of urea groups is 1. The second kappa shape index (κ2) is 5.88. The Kier molecular flexibility index (Phi) is 3.88. The van der Waals surface area contributed by atoms with E-state index in [2.05, 4.69) is 4.98 Å². The molecule has 124 valence electrons. The molecular weight excluding hydrogens is 317 g/mol. The van der Waals surface area contributed by atoms with Gasteiger partial charge >= 0.3 is 17.8 Å². The van der Waals surface area contributed by atoms with Crippen molar-refractivity contribution in [1.82, 2.24) is 14.8 Å². The fourth-order valence-electron chi connectivity index (χ4n) is 2.38. The normalized spacial score (nSPS) is 15.1. The van der Waals surface area contributed by atoms with Gasteiger partial charge in [0.05, 0.1) is 12.2 Å². The predicted molar refractivity (Wildman–Crippen MR) is 79.8 cm³/mol. The van der Waals surface area contributed by atoms with Crippen LogP contribution in [-0.4, -0.2) is 38.7 Å². The number of nitrogens with zero attached hydrogens (tertiary/aromatic N) is 3. The Labute approximate surface area is 136 Å². The van der Waals surface area contributed by atoms with E-state index in [0.29, 0.717) is 11.3 Å². The summed E-state index contributed by atoms with van der Waals surface area (Å²) in [5.74, 6) is -1.89. The molecule has 24 heavy (non-hydrogen) atoms. The van der Waals surface area contributed by atoms with Gasteiger partial charge in [-0.2, -0.15) is 0 Å². The Balaban J connectivity index is 1.80. The third-order valence-corrected chi connectivity index (χ3v) is 3.56. The van der Waals surface area contributed by atoms with Crippen LogP contribution in [0.5, 0.6) is 0 Å². The van der Waals surface area contributed by atoms with E-state index < -0.39 is 23.9 Å². The molecule has 1 aliphatic heterocycles. The van der Waals surface area contributed by atoms with Gasteiger partial charge in [-0.25, -0.2) is 19.1 Å². The van der Waals surface area contributed by atoms with Gasteiger partial charge in [-0.05, 0) is 38.1 Å². The molecule has 1 saturated heterocycles. The molecule has 1 aliphatic rings. The lowest BCUT2D eigenvalue weighted by Gasteiger charge is -2.17. The quantitative estimate of drug-likeness (QED) is 0.633. The molecule has 8 heteroatoms. The molecule has 0 radical (unpaired) electrons. The molecule has 0 spiro atoms. The summed E-state index contributed by atoms with van der Waals surface area (Å²) in [6.07, 6.45) is 1.29. The summed E-state index contributed by atoms with van der Waals surface area (Å²) in [5, 5.41) is 0. The molecular formula is C16H14FN3O4. The first-order chi connectivity index (χ1) is 11.4. The molecule has 2 heterocycles. The van der Waals surface area contributed by atoms with E-state index in [1.54, 1.807) is 13.8 Å². The largest absolute Gasteiger partial charge is 0.444 e. The number of imide groups is 2. The van der Waals surface area contributed by atoms with E-state index in [-0.39, 0.29) is 18.3 Å². The van der Waals surface area contributed by atoms with E-state index in [4.69, 9.17) is 4.42 Å². The SMILES string of the molecule is CC(C)N1C(=O)C(=O)N(Cc2coc(-c3ccc(F)cc3)n2)C1=O. The predicted octanol–water partition coefficient (Wildman–Crippen LogP) is 2.18. The van der Waals surface area contributed by atoms with Crippen LogP contribution in [0.2, 0.25) is 0 Å². The van der Waals surface area contributed by atoms with Crippen molar-refractivity contribution in [3.8, 4) is 11.5 Å². The maximum Gasteiger partial charge on any atom is 0.334 e. The van der Waals surface area contributed by atoms with Crippen molar-refractivity contribution in [1.29, 1.82) is 0 Å². The lowest BCUT2D eigenvalue weighted by atomic mass is 10.2. The Morgan fingerprint density at radius 2 is 1.79 bits per heavy atom. The number of hydrogen-bond donors (Lipinski definition) is 0. The number of aromatic nitrogens is 1. The van der Waals surface area contributed by atoms with Gasteiger partial charge < -0.3 is 4.42 Å². The van der Waals surface area contributed by atoms with Crippen LogP contribution in [0.25, 0.3) is 11.5 Å². The highest BCUT2D eigenvalue weighted by Gasteiger charge is 2.45. The zero-order chi connectivity index (χ0) is 17.4. The highest BCUT2D eigenvalue weighted by atomic mass is 19.1. The van der Waals surface area contributed by atoms with Gasteiger partial charge in [0, 0.05) is 11.6 Å². The van der Waals surface area contributed by atoms with E-state index in [9.17, 15) is 18.8 Å². The Bertz CT molecular complexity index is 813. The molecule has 2 aromatic rings. The molecule has 1 fully saturated rings. The highest BCUT2D eigenvalue weighted by Crippen LogP contribution is 2.22. The van der Waals surface area contributed by atoms with Crippen molar-refractivity contribution in [3.05, 3.63) is 42.0 Å². The van der Waals surface area contributed by atoms with Crippen LogP contribution in [-0.2, 0) is 16.1 Å². The number of amides is 4. The molecule has 4 amide bonds. The Morgan fingerprint density at radius 1 is 1.12 bits per heavy atom. The van der Waals surface area contributed by atoms with Gasteiger partial charge in [-0.15, -0.1) is 0 Å². The van der Waals surface area contributed by atoms with Gasteiger partial charge in [-0.3, -0.25) is 14.5 Å². The second-order valence-electron chi connectivity index (χ2n) is 5.59. The Morgan fingerprint density at radius 3 is 2.38 bits per heavy atom. The fourth-order valence-corrected chi connectivity index (χ4v) is 2.38. The second-order valence-corrected chi connectivity index (χ2v) is 5.59. The van der Waals surface area contributed by atoms with Crippen molar-refractivity contribution in [2.75, 3.05) is 0 Å². The number of oxazole rings is 1. The van der Waals surface area contributed by atoms with Crippen molar-refractivity contribution in [3.63, 3.8) is 0 Å². The fraction of sp³-hybridized carbons (Fsp3) is 0.250. The summed E-state index contributed by atoms with van der Waals surface area (Å²) in [5.41, 5.74) is 0.871. The van der Waals surface area contributed by atoms with Crippen LogP contribution >= 0.6 is 0 Å². The third kappa shape index (κ3) is 2.66. The smallest absolute Gasteiger partial charge is 0.334 e. The van der Waals surface area contributed by atoms with Gasteiger partial charge in [0.25, 0.3) is 0 Å². The number of carbonyl (C=O) groups is 3. The first-order valence-corrected chi connectivity index (χ1v) is 7.28. The minimum Gasteiger partial charge on any atom is -0.444 e. The van der Waals surface area contributed by atoms with Crippen LogP contribution in [0.1, 0.15) is 19.5 Å². The summed E-state index contributed by atoms with van der Waals surface area (Å²) in [7, 11) is 0. The summed E-state index contributed by atoms with van der Waals surface area (Å²) >= 11 is 0. The minimum absolute atomic E-state index is 0.169. The molecule has 0 atom stereocenters. The maximum absolute atomic E-state index is 12.9. The topological polar surface area (TPSA) is 83.7 Å². The van der Waals surface area contributed by atoms with Crippen LogP contribution in [0, 0.1) is 5.82 Å². The van der Waals surface area contributed by atoms with Gasteiger partial charge in [0.2, 0.25) is 5.89 Å². The Hall–Kier alpha value is -3.03. The summed E-state index contributed by atoms with van der Waals surface area (Å²) < 4.78 is 18.2. The average molecular weight is 331 g/mol. The standard InChI is InChI=1S/C16H14FN3O4/c1-9(2)20-15(22)14(21)19(16(20)23)7-12-8-24-13(18-12)10-3-5-11(17)6-4-10/h3-6,8-9H,7H2,1-2H3. The van der Waals surface area contributed by atoms with E-state index >= 15 is 0 Å². The molecule has 1 aromatic carbocycles. The summed E-state index contributed by atoms with van der Waals surface area (Å²) in [6.45, 7) is 3.13. The molecule has 7 nitrogen and oxygen atoms in total. The molecule has 3 rings (SSSR count). The van der Waals surface area contributed by atoms with Crippen molar-refractivity contribution >= 4 is 17.8 Å². The van der Waals surface area contributed by atoms with Crippen molar-refractivity contribution < 1.29 is 23.2 Å². The molecule has 0 bridgehead atoms. The third-order valence-electron chi connectivity index (χ3n) is 3.56. The first-order valence-electron chi connectivity index (χ1n) is 7.28. The minimum atomic E-state index is -0.889. The van der Waals surface area contributed by atoms with E-state index in [0.717, 1.165) is 9.80 Å². The lowest BCUT2D eigenvalue weighted by Crippen LogP contribution is -2.37. The maximum atomic E-state index is 12.9. The number of rotatable bonds is 4. The van der Waals surface area contributed by atoms with Crippen molar-refractivity contribution in [2.45, 2.75) is 26.4 Å². The number of hydrogen-bond acceptors (Lipinski definition) is 5. The highest BCUT2D eigenvalue weighted by molar-refractivity contribution is 6.44. The van der Waals surface area contributed by atoms with Gasteiger partial charge in [-0.1, -0.05) is 0 Å². The summed E-state index contributed by atoms with van der Waals surface area (Å²) in [4.78, 5) is 41.9. The van der Waals surface area contributed by atoms with Crippen LogP contribution in [0.3, 0.4) is 0 Å². The van der Waals surface area contributed by atoms with E-state index in [1.165, 1.54) is 30.5 Å². The van der Waals surface area contributed by atoms with Crippen LogP contribution in [0.15, 0.2) is 34.9 Å². The lowest BCUT2D eigenvalue weighted by molar-refractivity contribution is -0.144. The van der Waals surface area contributed by atoms with Crippen molar-refractivity contribution in [2.24, 2.45) is 0 Å². The van der Waals surface area contributed by atoms with E-state index in [1.807, 2.05) is 0 Å². The molecule has 1 aromatic heterocycles. The molecule has 0 saturated carbocycles. The first kappa shape index (κ1) is 15.9. The zero-order valence-electron chi connectivity index (χ0n) is 13.0. The summed E-state index contributed by atoms with van der Waals surface area (Å²) in [6, 6.07) is 4.46. The van der Waals surface area contributed by atoms with Gasteiger partial charge in [0.1, 0.15) is 12.1 Å². The molecule has 0 N–H and O–H groups in total. The zero-order valence-corrected chi connectivity index (χ0v) is 13.0. The monoisotopic (exact) mass is 331 g/mol. The molecule has 0 unspecified atom stereocenters. The number of benzene rings is 1. The van der Waals surface area contributed by atoms with Gasteiger partial charge in [0.15, 0.2) is 0 Å².